The number of amides is 4. The van der Waals surface area contributed by atoms with Gasteiger partial charge >= 0.3 is 6.03 Å². The fourth-order valence-corrected chi connectivity index (χ4v) is 5.50. The van der Waals surface area contributed by atoms with E-state index < -0.39 is 0 Å². The molecule has 0 spiro atoms. The van der Waals surface area contributed by atoms with Crippen molar-refractivity contribution in [1.29, 1.82) is 0 Å². The summed E-state index contributed by atoms with van der Waals surface area (Å²) >= 11 is 1.48. The lowest BCUT2D eigenvalue weighted by atomic mass is 9.85. The number of urea groups is 1. The van der Waals surface area contributed by atoms with Gasteiger partial charge in [-0.05, 0) is 23.6 Å². The molecule has 2 saturated heterocycles. The SMILES string of the molecule is CC1CNC2C(C(=O)N(C)C(=O)N2C)C1SCC(=O)NCc1ccc2c(c1)OCO2. The summed E-state index contributed by atoms with van der Waals surface area (Å²) in [5.41, 5.74) is 0.928. The molecule has 1 aromatic carbocycles. The molecule has 0 bridgehead atoms. The van der Waals surface area contributed by atoms with Crippen LogP contribution in [0.5, 0.6) is 11.5 Å². The Kier molecular flexibility index (Phi) is 5.79. The third-order valence-corrected chi connectivity index (χ3v) is 7.43. The van der Waals surface area contributed by atoms with Crippen molar-refractivity contribution in [3.05, 3.63) is 23.8 Å². The summed E-state index contributed by atoms with van der Waals surface area (Å²) in [6, 6.07) is 5.27. The molecule has 0 saturated carbocycles. The smallest absolute Gasteiger partial charge is 0.327 e. The first-order valence-corrected chi connectivity index (χ1v) is 11.0. The molecule has 30 heavy (non-hydrogen) atoms. The van der Waals surface area contributed by atoms with E-state index in [1.807, 2.05) is 18.2 Å². The highest BCUT2D eigenvalue weighted by Gasteiger charge is 2.50. The zero-order valence-electron chi connectivity index (χ0n) is 17.2. The molecule has 2 fully saturated rings. The quantitative estimate of drug-likeness (QED) is 0.708. The second-order valence-electron chi connectivity index (χ2n) is 7.89. The maximum absolute atomic E-state index is 12.8. The number of rotatable bonds is 5. The number of benzene rings is 1. The summed E-state index contributed by atoms with van der Waals surface area (Å²) < 4.78 is 10.7. The van der Waals surface area contributed by atoms with Crippen molar-refractivity contribution in [2.24, 2.45) is 11.8 Å². The average molecular weight is 435 g/mol. The summed E-state index contributed by atoms with van der Waals surface area (Å²) in [5, 5.41) is 6.17. The van der Waals surface area contributed by atoms with Gasteiger partial charge in [0.25, 0.3) is 0 Å². The lowest BCUT2D eigenvalue weighted by Gasteiger charge is -2.49. The molecule has 4 amide bonds. The van der Waals surface area contributed by atoms with Crippen LogP contribution < -0.4 is 20.1 Å². The first-order chi connectivity index (χ1) is 14.4. The average Bonchev–Trinajstić information content (AvgIpc) is 3.21. The summed E-state index contributed by atoms with van der Waals surface area (Å²) in [7, 11) is 3.21. The standard InChI is InChI=1S/C20H26N4O5S/c1-11-7-22-18-16(19(26)24(3)20(27)23(18)2)17(11)30-9-15(25)21-8-12-4-5-13-14(6-12)29-10-28-13/h4-6,11,16-18,22H,7-10H2,1-3H3,(H,21,25). The van der Waals surface area contributed by atoms with Crippen LogP contribution in [0.25, 0.3) is 0 Å². The molecule has 0 radical (unpaired) electrons. The third kappa shape index (κ3) is 3.81. The summed E-state index contributed by atoms with van der Waals surface area (Å²) in [5.74, 6) is 1.16. The molecule has 10 heteroatoms. The zero-order valence-corrected chi connectivity index (χ0v) is 18.0. The molecule has 3 aliphatic rings. The van der Waals surface area contributed by atoms with Crippen LogP contribution in [-0.2, 0) is 16.1 Å². The van der Waals surface area contributed by atoms with Gasteiger partial charge in [-0.3, -0.25) is 19.8 Å². The van der Waals surface area contributed by atoms with E-state index in [9.17, 15) is 14.4 Å². The summed E-state index contributed by atoms with van der Waals surface area (Å²) in [4.78, 5) is 40.3. The molecular weight excluding hydrogens is 408 g/mol. The monoisotopic (exact) mass is 434 g/mol. The van der Waals surface area contributed by atoms with Crippen LogP contribution in [-0.4, -0.2) is 72.2 Å². The van der Waals surface area contributed by atoms with E-state index in [0.29, 0.717) is 24.6 Å². The Labute approximate surface area is 179 Å². The Hall–Kier alpha value is -2.46. The predicted molar refractivity (Wildman–Crippen MR) is 111 cm³/mol. The Balaban J connectivity index is 1.35. The van der Waals surface area contributed by atoms with Crippen molar-refractivity contribution in [3.8, 4) is 11.5 Å². The molecule has 0 aliphatic carbocycles. The van der Waals surface area contributed by atoms with Crippen molar-refractivity contribution >= 4 is 29.6 Å². The van der Waals surface area contributed by atoms with E-state index >= 15 is 0 Å². The number of hydrogen-bond donors (Lipinski definition) is 2. The second-order valence-corrected chi connectivity index (χ2v) is 9.05. The maximum Gasteiger partial charge on any atom is 0.327 e. The fourth-order valence-electron chi connectivity index (χ4n) is 4.15. The third-order valence-electron chi connectivity index (χ3n) is 5.86. The van der Waals surface area contributed by atoms with Gasteiger partial charge in [0.05, 0.1) is 17.8 Å². The maximum atomic E-state index is 12.8. The Bertz CT molecular complexity index is 866. The lowest BCUT2D eigenvalue weighted by Crippen LogP contribution is -2.69. The van der Waals surface area contributed by atoms with Gasteiger partial charge in [0.2, 0.25) is 18.6 Å². The molecule has 2 N–H and O–H groups in total. The molecule has 4 atom stereocenters. The summed E-state index contributed by atoms with van der Waals surface area (Å²) in [6.07, 6.45) is -0.341. The number of nitrogens with one attached hydrogen (secondary N) is 2. The first-order valence-electron chi connectivity index (χ1n) is 9.91. The number of carbonyl (C=O) groups excluding carboxylic acids is 3. The van der Waals surface area contributed by atoms with E-state index in [1.54, 1.807) is 11.9 Å². The van der Waals surface area contributed by atoms with E-state index in [1.165, 1.54) is 23.7 Å². The number of ether oxygens (including phenoxy) is 2. The minimum Gasteiger partial charge on any atom is -0.454 e. The Morgan fingerprint density at radius 3 is 2.83 bits per heavy atom. The van der Waals surface area contributed by atoms with Gasteiger partial charge in [0.1, 0.15) is 0 Å². The molecule has 0 aromatic heterocycles. The number of fused-ring (bicyclic) bond motifs is 2. The van der Waals surface area contributed by atoms with E-state index in [2.05, 4.69) is 17.6 Å². The van der Waals surface area contributed by atoms with Crippen LogP contribution >= 0.6 is 11.8 Å². The fraction of sp³-hybridized carbons (Fsp3) is 0.550. The van der Waals surface area contributed by atoms with Gasteiger partial charge in [-0.15, -0.1) is 11.8 Å². The second kappa shape index (κ2) is 8.35. The van der Waals surface area contributed by atoms with Crippen LogP contribution in [0.1, 0.15) is 12.5 Å². The zero-order chi connectivity index (χ0) is 21.4. The van der Waals surface area contributed by atoms with Gasteiger partial charge in [0, 0.05) is 32.4 Å². The molecule has 4 unspecified atom stereocenters. The molecule has 3 heterocycles. The number of carbonyl (C=O) groups is 3. The number of imide groups is 1. The molecule has 4 rings (SSSR count). The number of hydrogen-bond acceptors (Lipinski definition) is 7. The van der Waals surface area contributed by atoms with Gasteiger partial charge < -0.3 is 19.7 Å². The van der Waals surface area contributed by atoms with Crippen LogP contribution in [0.4, 0.5) is 4.79 Å². The van der Waals surface area contributed by atoms with E-state index in [4.69, 9.17) is 9.47 Å². The van der Waals surface area contributed by atoms with Crippen molar-refractivity contribution in [2.75, 3.05) is 33.2 Å². The molecule has 3 aliphatic heterocycles. The highest BCUT2D eigenvalue weighted by atomic mass is 32.2. The van der Waals surface area contributed by atoms with Crippen LogP contribution in [0.2, 0.25) is 0 Å². The highest BCUT2D eigenvalue weighted by molar-refractivity contribution is 8.00. The van der Waals surface area contributed by atoms with Crippen molar-refractivity contribution in [2.45, 2.75) is 24.9 Å². The van der Waals surface area contributed by atoms with E-state index in [-0.39, 0.29) is 53.6 Å². The first kappa shape index (κ1) is 20.8. The van der Waals surface area contributed by atoms with E-state index in [0.717, 1.165) is 5.56 Å². The number of piperidine rings is 1. The summed E-state index contributed by atoms with van der Waals surface area (Å²) in [6.45, 7) is 3.36. The molecule has 162 valence electrons. The topological polar surface area (TPSA) is 100 Å². The van der Waals surface area contributed by atoms with Crippen LogP contribution in [0.3, 0.4) is 0 Å². The van der Waals surface area contributed by atoms with Crippen molar-refractivity contribution < 1.29 is 23.9 Å². The van der Waals surface area contributed by atoms with Crippen molar-refractivity contribution in [3.63, 3.8) is 0 Å². The van der Waals surface area contributed by atoms with Gasteiger partial charge in [0.15, 0.2) is 11.5 Å². The van der Waals surface area contributed by atoms with Crippen molar-refractivity contribution in [1.82, 2.24) is 20.4 Å². The Morgan fingerprint density at radius 2 is 2.03 bits per heavy atom. The van der Waals surface area contributed by atoms with Gasteiger partial charge in [-0.2, -0.15) is 0 Å². The predicted octanol–water partition coefficient (Wildman–Crippen LogP) is 0.839. The largest absolute Gasteiger partial charge is 0.454 e. The van der Waals surface area contributed by atoms with Gasteiger partial charge in [-0.1, -0.05) is 13.0 Å². The minimum atomic E-state index is -0.381. The Morgan fingerprint density at radius 1 is 1.27 bits per heavy atom. The van der Waals surface area contributed by atoms with Crippen LogP contribution in [0.15, 0.2) is 18.2 Å². The molecule has 1 aromatic rings. The van der Waals surface area contributed by atoms with Crippen LogP contribution in [0, 0.1) is 11.8 Å². The number of thioether (sulfide) groups is 1. The molecular formula is C20H26N4O5S. The minimum absolute atomic E-state index is 0.0574. The highest BCUT2D eigenvalue weighted by Crippen LogP contribution is 2.37. The lowest BCUT2D eigenvalue weighted by molar-refractivity contribution is -0.139. The molecule has 9 nitrogen and oxygen atoms in total. The normalized spacial score (nSPS) is 27.8. The number of nitrogens with zero attached hydrogens (tertiary/aromatic N) is 2. The van der Waals surface area contributed by atoms with Gasteiger partial charge in [-0.25, -0.2) is 4.79 Å².